The summed E-state index contributed by atoms with van der Waals surface area (Å²) in [6, 6.07) is 17.3. The van der Waals surface area contributed by atoms with E-state index in [2.05, 4.69) is 59.7 Å². The topological polar surface area (TPSA) is 37.3 Å². The number of pyridine rings is 1. The van der Waals surface area contributed by atoms with Gasteiger partial charge in [0.15, 0.2) is 0 Å². The summed E-state index contributed by atoms with van der Waals surface area (Å²) in [7, 11) is 0. The van der Waals surface area contributed by atoms with Crippen LogP contribution in [0.15, 0.2) is 65.9 Å². The zero-order chi connectivity index (χ0) is 16.4. The molecule has 2 heterocycles. The molecule has 1 unspecified atom stereocenters. The molecule has 1 aromatic heterocycles. The van der Waals surface area contributed by atoms with Crippen LogP contribution >= 0.6 is 0 Å². The minimum absolute atomic E-state index is 0.317. The van der Waals surface area contributed by atoms with E-state index in [9.17, 15) is 0 Å². The van der Waals surface area contributed by atoms with E-state index in [1.807, 2.05) is 18.5 Å². The van der Waals surface area contributed by atoms with Crippen molar-refractivity contribution in [2.75, 3.05) is 5.32 Å². The molecular weight excluding hydrogens is 294 g/mol. The number of hydrogen-bond acceptors (Lipinski definition) is 2. The van der Waals surface area contributed by atoms with Crippen LogP contribution in [-0.4, -0.2) is 16.9 Å². The SMILES string of the molecule is CCC(CCc1cccnc1)N=C1Nc2cccc3cccc1c23. The molecule has 0 aliphatic carbocycles. The number of nitrogens with zero attached hydrogens (tertiary/aromatic N) is 2. The standard InChI is InChI=1S/C21H21N3/c1-2-17(12-11-15-6-5-13-22-14-15)23-21-18-9-3-7-16-8-4-10-19(24-21)20(16)18/h3-10,13-14,17H,2,11-12H2,1H3,(H,23,24). The van der Waals surface area contributed by atoms with Crippen molar-refractivity contribution >= 4 is 22.3 Å². The summed E-state index contributed by atoms with van der Waals surface area (Å²) in [6.45, 7) is 2.21. The molecule has 4 rings (SSSR count). The van der Waals surface area contributed by atoms with E-state index in [-0.39, 0.29) is 0 Å². The normalized spacial score (nSPS) is 15.6. The molecule has 1 atom stereocenters. The van der Waals surface area contributed by atoms with Gasteiger partial charge in [-0.05, 0) is 42.3 Å². The third-order valence-corrected chi connectivity index (χ3v) is 4.68. The quantitative estimate of drug-likeness (QED) is 0.733. The zero-order valence-electron chi connectivity index (χ0n) is 13.9. The molecule has 0 saturated carbocycles. The largest absolute Gasteiger partial charge is 0.339 e. The van der Waals surface area contributed by atoms with Gasteiger partial charge in [0.25, 0.3) is 0 Å². The summed E-state index contributed by atoms with van der Waals surface area (Å²) in [6.07, 6.45) is 6.86. The van der Waals surface area contributed by atoms with Gasteiger partial charge in [-0.15, -0.1) is 0 Å². The van der Waals surface area contributed by atoms with Gasteiger partial charge >= 0.3 is 0 Å². The van der Waals surface area contributed by atoms with Crippen LogP contribution in [0.2, 0.25) is 0 Å². The Labute approximate surface area is 142 Å². The summed E-state index contributed by atoms with van der Waals surface area (Å²) >= 11 is 0. The van der Waals surface area contributed by atoms with Crippen LogP contribution in [0.25, 0.3) is 10.8 Å². The maximum atomic E-state index is 5.03. The number of rotatable bonds is 5. The summed E-state index contributed by atoms with van der Waals surface area (Å²) in [5, 5.41) is 6.07. The van der Waals surface area contributed by atoms with E-state index >= 15 is 0 Å². The monoisotopic (exact) mass is 315 g/mol. The number of aryl methyl sites for hydroxylation is 1. The maximum Gasteiger partial charge on any atom is 0.133 e. The molecule has 1 aliphatic rings. The molecule has 24 heavy (non-hydrogen) atoms. The van der Waals surface area contributed by atoms with Crippen molar-refractivity contribution in [3.05, 3.63) is 72.1 Å². The van der Waals surface area contributed by atoms with Crippen molar-refractivity contribution in [2.24, 2.45) is 4.99 Å². The van der Waals surface area contributed by atoms with E-state index in [0.717, 1.165) is 25.1 Å². The average Bonchev–Trinajstić information content (AvgIpc) is 2.99. The van der Waals surface area contributed by atoms with E-state index < -0.39 is 0 Å². The molecule has 3 heteroatoms. The van der Waals surface area contributed by atoms with Gasteiger partial charge in [-0.25, -0.2) is 0 Å². The Morgan fingerprint density at radius 1 is 1.08 bits per heavy atom. The molecule has 1 N–H and O–H groups in total. The van der Waals surface area contributed by atoms with E-state index in [1.165, 1.54) is 27.6 Å². The lowest BCUT2D eigenvalue weighted by Gasteiger charge is -2.12. The first-order valence-corrected chi connectivity index (χ1v) is 8.61. The van der Waals surface area contributed by atoms with Crippen LogP contribution < -0.4 is 5.32 Å². The third-order valence-electron chi connectivity index (χ3n) is 4.68. The Kier molecular flexibility index (Phi) is 3.99. The van der Waals surface area contributed by atoms with Gasteiger partial charge in [-0.1, -0.05) is 43.3 Å². The van der Waals surface area contributed by atoms with Crippen LogP contribution in [-0.2, 0) is 6.42 Å². The summed E-state index contributed by atoms with van der Waals surface area (Å²) in [5.74, 6) is 1.01. The highest BCUT2D eigenvalue weighted by Crippen LogP contribution is 2.33. The van der Waals surface area contributed by atoms with Gasteiger partial charge < -0.3 is 5.32 Å². The first-order chi connectivity index (χ1) is 11.8. The molecule has 120 valence electrons. The van der Waals surface area contributed by atoms with Crippen LogP contribution in [0.3, 0.4) is 0 Å². The van der Waals surface area contributed by atoms with E-state index in [0.29, 0.717) is 6.04 Å². The number of anilines is 1. The van der Waals surface area contributed by atoms with Crippen molar-refractivity contribution in [2.45, 2.75) is 32.2 Å². The van der Waals surface area contributed by atoms with Crippen molar-refractivity contribution in [3.63, 3.8) is 0 Å². The second-order valence-electron chi connectivity index (χ2n) is 6.27. The summed E-state index contributed by atoms with van der Waals surface area (Å²) < 4.78 is 0. The lowest BCUT2D eigenvalue weighted by molar-refractivity contribution is 0.598. The molecule has 0 bridgehead atoms. The molecule has 3 nitrogen and oxygen atoms in total. The highest BCUT2D eigenvalue weighted by molar-refractivity contribution is 6.26. The Morgan fingerprint density at radius 3 is 2.75 bits per heavy atom. The highest BCUT2D eigenvalue weighted by Gasteiger charge is 2.20. The average molecular weight is 315 g/mol. The highest BCUT2D eigenvalue weighted by atomic mass is 15.0. The van der Waals surface area contributed by atoms with Crippen LogP contribution in [0, 0.1) is 0 Å². The molecule has 0 spiro atoms. The van der Waals surface area contributed by atoms with Gasteiger partial charge in [0.2, 0.25) is 0 Å². The molecule has 0 saturated heterocycles. The maximum absolute atomic E-state index is 5.03. The molecular formula is C21H21N3. The minimum Gasteiger partial charge on any atom is -0.339 e. The van der Waals surface area contributed by atoms with Gasteiger partial charge in [0.05, 0.1) is 6.04 Å². The fraction of sp³-hybridized carbons (Fsp3) is 0.238. The number of nitrogens with one attached hydrogen (secondary N) is 1. The number of benzene rings is 2. The molecule has 0 amide bonds. The van der Waals surface area contributed by atoms with Gasteiger partial charge in [0, 0.05) is 29.0 Å². The van der Waals surface area contributed by atoms with Crippen LogP contribution in [0.4, 0.5) is 5.69 Å². The number of amidine groups is 1. The Bertz CT molecular complexity index is 879. The first-order valence-electron chi connectivity index (χ1n) is 8.61. The molecule has 0 radical (unpaired) electrons. The Hall–Kier alpha value is -2.68. The Balaban J connectivity index is 1.58. The van der Waals surface area contributed by atoms with Crippen LogP contribution in [0.5, 0.6) is 0 Å². The minimum atomic E-state index is 0.317. The van der Waals surface area contributed by atoms with Gasteiger partial charge in [-0.2, -0.15) is 0 Å². The van der Waals surface area contributed by atoms with Crippen molar-refractivity contribution in [1.29, 1.82) is 0 Å². The first kappa shape index (κ1) is 14.9. The molecule has 2 aromatic carbocycles. The smallest absolute Gasteiger partial charge is 0.133 e. The van der Waals surface area contributed by atoms with E-state index in [1.54, 1.807) is 0 Å². The van der Waals surface area contributed by atoms with Gasteiger partial charge in [0.1, 0.15) is 5.84 Å². The predicted molar refractivity (Wildman–Crippen MR) is 101 cm³/mol. The lowest BCUT2D eigenvalue weighted by Crippen LogP contribution is -2.14. The van der Waals surface area contributed by atoms with Crippen molar-refractivity contribution in [1.82, 2.24) is 4.98 Å². The number of aromatic nitrogens is 1. The molecule has 0 fully saturated rings. The fourth-order valence-electron chi connectivity index (χ4n) is 3.36. The predicted octanol–water partition coefficient (Wildman–Crippen LogP) is 4.82. The van der Waals surface area contributed by atoms with Gasteiger partial charge in [-0.3, -0.25) is 9.98 Å². The summed E-state index contributed by atoms with van der Waals surface area (Å²) in [5.41, 5.74) is 3.67. The lowest BCUT2D eigenvalue weighted by atomic mass is 10.0. The fourth-order valence-corrected chi connectivity index (χ4v) is 3.36. The molecule has 3 aromatic rings. The Morgan fingerprint density at radius 2 is 1.96 bits per heavy atom. The second-order valence-corrected chi connectivity index (χ2v) is 6.27. The summed E-state index contributed by atoms with van der Waals surface area (Å²) in [4.78, 5) is 9.23. The van der Waals surface area contributed by atoms with Crippen molar-refractivity contribution < 1.29 is 0 Å². The number of aliphatic imine (C=N–C) groups is 1. The van der Waals surface area contributed by atoms with E-state index in [4.69, 9.17) is 4.99 Å². The van der Waals surface area contributed by atoms with Crippen LogP contribution in [0.1, 0.15) is 30.9 Å². The zero-order valence-corrected chi connectivity index (χ0v) is 13.9. The number of hydrogen-bond donors (Lipinski definition) is 1. The second kappa shape index (κ2) is 6.44. The van der Waals surface area contributed by atoms with Crippen molar-refractivity contribution in [3.8, 4) is 0 Å². The molecule has 1 aliphatic heterocycles. The third kappa shape index (κ3) is 2.78.